The van der Waals surface area contributed by atoms with E-state index in [1.54, 1.807) is 66.7 Å². The zero-order valence-corrected chi connectivity index (χ0v) is 22.3. The Balaban J connectivity index is 1.81. The fourth-order valence-electron chi connectivity index (χ4n) is 4.99. The van der Waals surface area contributed by atoms with Crippen LogP contribution < -0.4 is 4.90 Å². The van der Waals surface area contributed by atoms with E-state index in [0.717, 1.165) is 9.54 Å². The number of carbonyl (C=O) groups excluding carboxylic acids is 2. The molecular weight excluding hydrogens is 520 g/mol. The summed E-state index contributed by atoms with van der Waals surface area (Å²) in [4.78, 5) is 27.7. The summed E-state index contributed by atoms with van der Waals surface area (Å²) in [6.45, 7) is 1.86. The zero-order chi connectivity index (χ0) is 27.9. The molecule has 0 amide bonds. The van der Waals surface area contributed by atoms with Crippen LogP contribution >= 0.6 is 0 Å². The second-order valence-electron chi connectivity index (χ2n) is 9.08. The van der Waals surface area contributed by atoms with Gasteiger partial charge in [-0.2, -0.15) is 0 Å². The number of esters is 2. The van der Waals surface area contributed by atoms with Gasteiger partial charge in [0.25, 0.3) is 10.0 Å². The minimum Gasteiger partial charge on any atom is -0.509 e. The van der Waals surface area contributed by atoms with Crippen LogP contribution in [0.5, 0.6) is 0 Å². The van der Waals surface area contributed by atoms with Crippen molar-refractivity contribution in [3.05, 3.63) is 108 Å². The molecule has 1 N–H and O–H groups in total. The summed E-state index contributed by atoms with van der Waals surface area (Å²) in [5.41, 5.74) is 1.97. The number of aliphatic hydroxyl groups excluding tert-OH is 1. The van der Waals surface area contributed by atoms with Gasteiger partial charge >= 0.3 is 11.9 Å². The highest BCUT2D eigenvalue weighted by Crippen LogP contribution is 2.46. The highest BCUT2D eigenvalue weighted by Gasteiger charge is 2.50. The Kier molecular flexibility index (Phi) is 6.65. The van der Waals surface area contributed by atoms with Crippen molar-refractivity contribution >= 4 is 38.6 Å². The number of rotatable bonds is 6. The third kappa shape index (κ3) is 4.22. The Bertz CT molecular complexity index is 1710. The lowest BCUT2D eigenvalue weighted by atomic mass is 9.98. The Labute approximate surface area is 225 Å². The number of carbonyl (C=O) groups is 2. The maximum absolute atomic E-state index is 13.8. The quantitative estimate of drug-likeness (QED) is 0.357. The molecular formula is C29H26N2O7S. The van der Waals surface area contributed by atoms with Crippen molar-refractivity contribution in [2.75, 3.05) is 19.1 Å². The number of hydrogen-bond acceptors (Lipinski definition) is 8. The molecule has 0 radical (unpaired) electrons. The van der Waals surface area contributed by atoms with E-state index in [-0.39, 0.29) is 10.5 Å². The minimum absolute atomic E-state index is 0.0887. The van der Waals surface area contributed by atoms with Crippen LogP contribution in [0, 0.1) is 6.92 Å². The molecule has 3 aromatic carbocycles. The van der Waals surface area contributed by atoms with E-state index in [1.807, 2.05) is 6.92 Å². The fraction of sp³-hybridized carbons (Fsp3) is 0.172. The van der Waals surface area contributed by atoms with Crippen LogP contribution in [0.4, 0.5) is 5.69 Å². The van der Waals surface area contributed by atoms with Crippen LogP contribution in [0.3, 0.4) is 0 Å². The molecule has 2 atom stereocenters. The van der Waals surface area contributed by atoms with Crippen molar-refractivity contribution in [1.29, 1.82) is 0 Å². The Morgan fingerprint density at radius 3 is 2.15 bits per heavy atom. The third-order valence-corrected chi connectivity index (χ3v) is 8.52. The van der Waals surface area contributed by atoms with Crippen LogP contribution in [0.25, 0.3) is 10.9 Å². The number of ether oxygens (including phenoxy) is 2. The first-order chi connectivity index (χ1) is 18.7. The summed E-state index contributed by atoms with van der Waals surface area (Å²) in [6, 6.07) is 19.6. The number of fused-ring (bicyclic) bond motifs is 1. The Morgan fingerprint density at radius 2 is 1.51 bits per heavy atom. The first-order valence-corrected chi connectivity index (χ1v) is 13.5. The third-order valence-electron chi connectivity index (χ3n) is 6.83. The number of aliphatic hydroxyl groups is 1. The molecule has 1 aliphatic rings. The maximum Gasteiger partial charge on any atom is 0.339 e. The second kappa shape index (κ2) is 9.95. The molecule has 0 fully saturated rings. The molecule has 0 saturated carbocycles. The summed E-state index contributed by atoms with van der Waals surface area (Å²) >= 11 is 0. The summed E-state index contributed by atoms with van der Waals surface area (Å²) in [5.74, 6) is -2.18. The Morgan fingerprint density at radius 1 is 0.872 bits per heavy atom. The van der Waals surface area contributed by atoms with Crippen molar-refractivity contribution < 1.29 is 32.6 Å². The van der Waals surface area contributed by atoms with E-state index in [4.69, 9.17) is 9.47 Å². The van der Waals surface area contributed by atoms with Crippen LogP contribution in [-0.2, 0) is 29.1 Å². The van der Waals surface area contributed by atoms with Gasteiger partial charge in [-0.05, 0) is 37.3 Å². The fourth-order valence-corrected chi connectivity index (χ4v) is 6.37. The largest absolute Gasteiger partial charge is 0.509 e. The average molecular weight is 547 g/mol. The number of aryl methyl sites for hydroxylation is 1. The van der Waals surface area contributed by atoms with Gasteiger partial charge in [-0.3, -0.25) is 0 Å². The molecule has 39 heavy (non-hydrogen) atoms. The summed E-state index contributed by atoms with van der Waals surface area (Å²) in [5, 5.41) is 11.8. The van der Waals surface area contributed by atoms with Crippen molar-refractivity contribution in [3.63, 3.8) is 0 Å². The van der Waals surface area contributed by atoms with Crippen LogP contribution in [0.15, 0.2) is 101 Å². The second-order valence-corrected chi connectivity index (χ2v) is 10.9. The Hall–Kier alpha value is -4.57. The standard InChI is InChI=1S/C29H26N2O7S/c1-18-13-15-20(16-14-18)39(35,36)30-17-22(21-11-7-8-12-23(21)30)25-24(28(33)37-2)27(32)26(29(34)38-3)31(25)19-9-5-4-6-10-19/h4-17,25-26,32H,1-3H3. The lowest BCUT2D eigenvalue weighted by molar-refractivity contribution is -0.141. The van der Waals surface area contributed by atoms with Gasteiger partial charge in [-0.15, -0.1) is 0 Å². The molecule has 4 aromatic rings. The number of benzene rings is 3. The lowest BCUT2D eigenvalue weighted by Gasteiger charge is -2.32. The molecule has 2 heterocycles. The summed E-state index contributed by atoms with van der Waals surface area (Å²) < 4.78 is 38.8. The molecule has 0 bridgehead atoms. The van der Waals surface area contributed by atoms with Crippen LogP contribution in [0.2, 0.25) is 0 Å². The zero-order valence-electron chi connectivity index (χ0n) is 21.4. The smallest absolute Gasteiger partial charge is 0.339 e. The molecule has 1 aliphatic heterocycles. The molecule has 0 spiro atoms. The summed E-state index contributed by atoms with van der Waals surface area (Å²) in [6.07, 6.45) is 1.43. The van der Waals surface area contributed by atoms with Crippen molar-refractivity contribution in [3.8, 4) is 0 Å². The normalized spacial score (nSPS) is 17.5. The SMILES string of the molecule is COC(=O)C1=C(O)C(C(=O)OC)N(c2ccccc2)C1c1cn(S(=O)(=O)c2ccc(C)cc2)c2ccccc12. The molecule has 200 valence electrons. The van der Waals surface area contributed by atoms with Crippen molar-refractivity contribution in [2.24, 2.45) is 0 Å². The molecule has 1 aromatic heterocycles. The van der Waals surface area contributed by atoms with Gasteiger partial charge in [0.1, 0.15) is 11.3 Å². The monoisotopic (exact) mass is 546 g/mol. The predicted octanol–water partition coefficient (Wildman–Crippen LogP) is 4.27. The number of nitrogens with zero attached hydrogens (tertiary/aromatic N) is 2. The van der Waals surface area contributed by atoms with Crippen molar-refractivity contribution in [1.82, 2.24) is 3.97 Å². The number of anilines is 1. The van der Waals surface area contributed by atoms with Crippen LogP contribution in [-0.4, -0.2) is 49.7 Å². The molecule has 9 nitrogen and oxygen atoms in total. The van der Waals surface area contributed by atoms with E-state index in [2.05, 4.69) is 0 Å². The van der Waals surface area contributed by atoms with Crippen LogP contribution in [0.1, 0.15) is 17.2 Å². The van der Waals surface area contributed by atoms with Gasteiger partial charge in [-0.1, -0.05) is 54.1 Å². The van der Waals surface area contributed by atoms with E-state index in [9.17, 15) is 23.1 Å². The number of methoxy groups -OCH3 is 2. The average Bonchev–Trinajstić information content (AvgIpc) is 3.48. The molecule has 5 rings (SSSR count). The number of aromatic nitrogens is 1. The minimum atomic E-state index is -4.05. The van der Waals surface area contributed by atoms with E-state index in [0.29, 0.717) is 22.2 Å². The van der Waals surface area contributed by atoms with Gasteiger partial charge < -0.3 is 19.5 Å². The van der Waals surface area contributed by atoms with Gasteiger partial charge in [0.2, 0.25) is 0 Å². The van der Waals surface area contributed by atoms with E-state index in [1.165, 1.54) is 37.4 Å². The van der Waals surface area contributed by atoms with Crippen molar-refractivity contribution in [2.45, 2.75) is 23.9 Å². The number of para-hydroxylation sites is 2. The van der Waals surface area contributed by atoms with E-state index < -0.39 is 39.8 Å². The number of hydrogen-bond donors (Lipinski definition) is 1. The maximum atomic E-state index is 13.8. The molecule has 10 heteroatoms. The van der Waals surface area contributed by atoms with E-state index >= 15 is 0 Å². The molecule has 2 unspecified atom stereocenters. The van der Waals surface area contributed by atoms with Gasteiger partial charge in [0.05, 0.1) is 30.7 Å². The first-order valence-electron chi connectivity index (χ1n) is 12.1. The topological polar surface area (TPSA) is 115 Å². The highest BCUT2D eigenvalue weighted by atomic mass is 32.2. The predicted molar refractivity (Wildman–Crippen MR) is 145 cm³/mol. The van der Waals surface area contributed by atoms with Gasteiger partial charge in [0, 0.05) is 22.8 Å². The van der Waals surface area contributed by atoms with Gasteiger partial charge in [0.15, 0.2) is 6.04 Å². The first kappa shape index (κ1) is 26.1. The van der Waals surface area contributed by atoms with Gasteiger partial charge in [-0.25, -0.2) is 22.0 Å². The highest BCUT2D eigenvalue weighted by molar-refractivity contribution is 7.90. The summed E-state index contributed by atoms with van der Waals surface area (Å²) in [7, 11) is -1.70. The molecule has 0 saturated heterocycles. The molecule has 0 aliphatic carbocycles. The lowest BCUT2D eigenvalue weighted by Crippen LogP contribution is -2.41.